The number of carboxylic acids is 1. The number of halogens is 2. The van der Waals surface area contributed by atoms with Crippen molar-refractivity contribution < 1.29 is 23.8 Å². The summed E-state index contributed by atoms with van der Waals surface area (Å²) < 4.78 is 26.3. The van der Waals surface area contributed by atoms with Gasteiger partial charge in [-0.1, -0.05) is 19.9 Å². The van der Waals surface area contributed by atoms with Crippen molar-refractivity contribution in [1.82, 2.24) is 0 Å². The van der Waals surface area contributed by atoms with Crippen LogP contribution in [-0.2, 0) is 0 Å². The van der Waals surface area contributed by atoms with Crippen LogP contribution in [0.4, 0.5) is 8.78 Å². The Hall–Kier alpha value is -2.43. The van der Waals surface area contributed by atoms with Gasteiger partial charge in [-0.2, -0.15) is 0 Å². The third-order valence-corrected chi connectivity index (χ3v) is 2.47. The third kappa shape index (κ3) is 3.32. The number of carboxylic acid groups (broad SMARTS) is 1. The molecule has 2 N–H and O–H groups in total. The van der Waals surface area contributed by atoms with Gasteiger partial charge >= 0.3 is 5.97 Å². The minimum Gasteiger partial charge on any atom is -0.507 e. The SMILES string of the molecule is CC.O=C(O)c1cc(-c2ccc(F)cc2F)ccc1O. The molecule has 0 spiro atoms. The average molecular weight is 280 g/mol. The van der Waals surface area contributed by atoms with Crippen molar-refractivity contribution in [3.8, 4) is 16.9 Å². The number of hydrogen-bond acceptors (Lipinski definition) is 2. The van der Waals surface area contributed by atoms with Crippen LogP contribution in [0.1, 0.15) is 24.2 Å². The van der Waals surface area contributed by atoms with Crippen molar-refractivity contribution in [2.45, 2.75) is 13.8 Å². The molecule has 0 unspecified atom stereocenters. The number of aromatic carboxylic acids is 1. The molecular formula is C15H14F2O3. The van der Waals surface area contributed by atoms with Crippen LogP contribution in [0.3, 0.4) is 0 Å². The lowest BCUT2D eigenvalue weighted by atomic mass is 10.0. The summed E-state index contributed by atoms with van der Waals surface area (Å²) in [6.45, 7) is 4.00. The summed E-state index contributed by atoms with van der Waals surface area (Å²) in [5, 5.41) is 18.2. The van der Waals surface area contributed by atoms with Crippen molar-refractivity contribution in [2.24, 2.45) is 0 Å². The quantitative estimate of drug-likeness (QED) is 0.872. The van der Waals surface area contributed by atoms with Gasteiger partial charge in [0, 0.05) is 11.6 Å². The van der Waals surface area contributed by atoms with Gasteiger partial charge in [0.1, 0.15) is 22.9 Å². The first-order chi connectivity index (χ1) is 9.49. The molecule has 2 aromatic rings. The van der Waals surface area contributed by atoms with Crippen molar-refractivity contribution >= 4 is 5.97 Å². The fourth-order valence-electron chi connectivity index (χ4n) is 1.60. The van der Waals surface area contributed by atoms with E-state index in [0.29, 0.717) is 6.07 Å². The monoisotopic (exact) mass is 280 g/mol. The van der Waals surface area contributed by atoms with Gasteiger partial charge in [-0.3, -0.25) is 0 Å². The molecule has 5 heteroatoms. The highest BCUT2D eigenvalue weighted by atomic mass is 19.1. The predicted molar refractivity (Wildman–Crippen MR) is 71.8 cm³/mol. The fraction of sp³-hybridized carbons (Fsp3) is 0.133. The number of benzene rings is 2. The molecule has 3 nitrogen and oxygen atoms in total. The van der Waals surface area contributed by atoms with Crippen molar-refractivity contribution in [2.75, 3.05) is 0 Å². The Bertz CT molecular complexity index is 625. The molecule has 0 bridgehead atoms. The Labute approximate surface area is 115 Å². The Morgan fingerprint density at radius 3 is 2.25 bits per heavy atom. The van der Waals surface area contributed by atoms with Crippen LogP contribution in [0.15, 0.2) is 36.4 Å². The van der Waals surface area contributed by atoms with E-state index in [1.165, 1.54) is 12.1 Å². The summed E-state index contributed by atoms with van der Waals surface area (Å²) in [5.74, 6) is -3.24. The molecule has 0 saturated carbocycles. The van der Waals surface area contributed by atoms with E-state index < -0.39 is 23.4 Å². The second-order valence-electron chi connectivity index (χ2n) is 3.66. The van der Waals surface area contributed by atoms with Crippen molar-refractivity contribution in [3.63, 3.8) is 0 Å². The van der Waals surface area contributed by atoms with E-state index in [2.05, 4.69) is 0 Å². The molecule has 106 valence electrons. The summed E-state index contributed by atoms with van der Waals surface area (Å²) in [7, 11) is 0. The number of aromatic hydroxyl groups is 1. The van der Waals surface area contributed by atoms with Gasteiger partial charge in [0.25, 0.3) is 0 Å². The van der Waals surface area contributed by atoms with Crippen LogP contribution >= 0.6 is 0 Å². The summed E-state index contributed by atoms with van der Waals surface area (Å²) in [6, 6.07) is 6.64. The third-order valence-electron chi connectivity index (χ3n) is 2.47. The summed E-state index contributed by atoms with van der Waals surface area (Å²) >= 11 is 0. The standard InChI is InChI=1S/C13H8F2O3.C2H6/c14-8-2-3-9(11(15)6-8)7-1-4-12(16)10(5-7)13(17)18;1-2/h1-6,16H,(H,17,18);1-2H3. The zero-order valence-corrected chi connectivity index (χ0v) is 11.0. The second-order valence-corrected chi connectivity index (χ2v) is 3.66. The van der Waals surface area contributed by atoms with Crippen LogP contribution in [0, 0.1) is 11.6 Å². The lowest BCUT2D eigenvalue weighted by Gasteiger charge is -2.06. The summed E-state index contributed by atoms with van der Waals surface area (Å²) in [5.41, 5.74) is -0.0159. The molecule has 20 heavy (non-hydrogen) atoms. The molecule has 2 aromatic carbocycles. The molecule has 0 saturated heterocycles. The topological polar surface area (TPSA) is 57.5 Å². The number of carbonyl (C=O) groups is 1. The minimum absolute atomic E-state index is 0.0684. The maximum atomic E-state index is 13.5. The molecule has 0 atom stereocenters. The maximum absolute atomic E-state index is 13.5. The predicted octanol–water partition coefficient (Wildman–Crippen LogP) is 4.06. The van der Waals surface area contributed by atoms with Gasteiger partial charge in [0.05, 0.1) is 0 Å². The Morgan fingerprint density at radius 1 is 1.05 bits per heavy atom. The van der Waals surface area contributed by atoms with Crippen LogP contribution in [0.2, 0.25) is 0 Å². The van der Waals surface area contributed by atoms with Crippen LogP contribution in [0.25, 0.3) is 11.1 Å². The summed E-state index contributed by atoms with van der Waals surface area (Å²) in [4.78, 5) is 10.8. The Morgan fingerprint density at radius 2 is 1.70 bits per heavy atom. The Kier molecular flexibility index (Phi) is 5.20. The average Bonchev–Trinajstić information content (AvgIpc) is 2.42. The lowest BCUT2D eigenvalue weighted by Crippen LogP contribution is -1.97. The molecule has 2 rings (SSSR count). The van der Waals surface area contributed by atoms with Gasteiger partial charge < -0.3 is 10.2 Å². The number of rotatable bonds is 2. The van der Waals surface area contributed by atoms with Crippen LogP contribution < -0.4 is 0 Å². The van der Waals surface area contributed by atoms with E-state index in [4.69, 9.17) is 5.11 Å². The van der Waals surface area contributed by atoms with E-state index in [0.717, 1.165) is 18.2 Å². The van der Waals surface area contributed by atoms with E-state index in [1.54, 1.807) is 0 Å². The molecule has 0 aliphatic carbocycles. The molecule has 0 heterocycles. The summed E-state index contributed by atoms with van der Waals surface area (Å²) in [6.07, 6.45) is 0. The maximum Gasteiger partial charge on any atom is 0.339 e. The van der Waals surface area contributed by atoms with Crippen molar-refractivity contribution in [3.05, 3.63) is 53.6 Å². The van der Waals surface area contributed by atoms with Crippen LogP contribution in [0.5, 0.6) is 5.75 Å². The molecule has 0 amide bonds. The first-order valence-electron chi connectivity index (χ1n) is 6.01. The zero-order valence-electron chi connectivity index (χ0n) is 11.0. The first kappa shape index (κ1) is 15.6. The van der Waals surface area contributed by atoms with Crippen LogP contribution in [-0.4, -0.2) is 16.2 Å². The van der Waals surface area contributed by atoms with E-state index in [1.807, 2.05) is 13.8 Å². The molecule has 0 aromatic heterocycles. The largest absolute Gasteiger partial charge is 0.507 e. The Balaban J connectivity index is 0.000000956. The second kappa shape index (κ2) is 6.65. The van der Waals surface area contributed by atoms with Gasteiger partial charge in [0.2, 0.25) is 0 Å². The highest BCUT2D eigenvalue weighted by Gasteiger charge is 2.13. The zero-order chi connectivity index (χ0) is 15.3. The number of phenols is 1. The van der Waals surface area contributed by atoms with Gasteiger partial charge in [-0.05, 0) is 29.8 Å². The fourth-order valence-corrected chi connectivity index (χ4v) is 1.60. The molecule has 0 fully saturated rings. The van der Waals surface area contributed by atoms with E-state index in [9.17, 15) is 18.7 Å². The smallest absolute Gasteiger partial charge is 0.339 e. The molecule has 0 aliphatic heterocycles. The molecular weight excluding hydrogens is 266 g/mol. The van der Waals surface area contributed by atoms with E-state index in [-0.39, 0.29) is 16.7 Å². The van der Waals surface area contributed by atoms with E-state index >= 15 is 0 Å². The highest BCUT2D eigenvalue weighted by molar-refractivity contribution is 5.92. The highest BCUT2D eigenvalue weighted by Crippen LogP contribution is 2.28. The number of hydrogen-bond donors (Lipinski definition) is 2. The minimum atomic E-state index is -1.32. The molecule has 0 aliphatic rings. The lowest BCUT2D eigenvalue weighted by molar-refractivity contribution is 0.0694. The first-order valence-corrected chi connectivity index (χ1v) is 6.01. The van der Waals surface area contributed by atoms with Gasteiger partial charge in [0.15, 0.2) is 0 Å². The van der Waals surface area contributed by atoms with Gasteiger partial charge in [-0.25, -0.2) is 13.6 Å². The normalized spacial score (nSPS) is 9.60. The van der Waals surface area contributed by atoms with Crippen molar-refractivity contribution in [1.29, 1.82) is 0 Å². The van der Waals surface area contributed by atoms with Gasteiger partial charge in [-0.15, -0.1) is 0 Å². The molecule has 0 radical (unpaired) electrons.